The molecule has 0 aromatic carbocycles. The molecule has 2 bridgehead atoms. The maximum atomic E-state index is 14.3. The number of unbranched alkanes of at least 4 members (excludes halogenated alkanes) is 8. The highest BCUT2D eigenvalue weighted by Crippen LogP contribution is 2.39. The maximum absolute atomic E-state index is 14.3. The van der Waals surface area contributed by atoms with Crippen LogP contribution in [-0.2, 0) is 76.0 Å². The molecule has 0 aromatic rings. The summed E-state index contributed by atoms with van der Waals surface area (Å²) in [5.74, 6) is -2.63. The van der Waals surface area contributed by atoms with Crippen molar-refractivity contribution < 1.29 is 122 Å². The van der Waals surface area contributed by atoms with Crippen LogP contribution in [0, 0.1) is 5.92 Å². The molecule has 6 rings (SSSR count). The van der Waals surface area contributed by atoms with E-state index >= 15 is 0 Å². The second-order valence-corrected chi connectivity index (χ2v) is 24.6. The van der Waals surface area contributed by atoms with E-state index in [1.807, 2.05) is 0 Å². The Morgan fingerprint density at radius 2 is 1.07 bits per heavy atom. The number of hydrogen-bond donors (Lipinski definition) is 9. The van der Waals surface area contributed by atoms with E-state index in [9.17, 15) is 60.3 Å². The van der Waals surface area contributed by atoms with Gasteiger partial charge in [-0.05, 0) is 59.8 Å². The molecular weight excluding hydrogens is 1130 g/mol. The first kappa shape index (κ1) is 72.7. The van der Waals surface area contributed by atoms with E-state index in [0.29, 0.717) is 38.5 Å². The number of carbonyl (C=O) groups excluding carboxylic acids is 3. The lowest BCUT2D eigenvalue weighted by atomic mass is 9.95. The van der Waals surface area contributed by atoms with E-state index in [-0.39, 0.29) is 18.9 Å². The van der Waals surface area contributed by atoms with Crippen LogP contribution in [0.2, 0.25) is 0 Å². The molecule has 86 heavy (non-hydrogen) atoms. The molecule has 0 radical (unpaired) electrons. The first-order valence-electron chi connectivity index (χ1n) is 32.3. The highest BCUT2D eigenvalue weighted by Gasteiger charge is 2.59. The van der Waals surface area contributed by atoms with Gasteiger partial charge >= 0.3 is 17.9 Å². The molecule has 500 valence electrons. The van der Waals surface area contributed by atoms with Crippen LogP contribution in [0.5, 0.6) is 0 Å². The highest BCUT2D eigenvalue weighted by atomic mass is 16.8. The molecule has 6 aliphatic heterocycles. The first-order valence-corrected chi connectivity index (χ1v) is 32.3. The average Bonchev–Trinajstić information content (AvgIpc) is 2.26. The number of aliphatic hydroxyl groups excluding tert-OH is 9. The molecule has 6 heterocycles. The molecule has 6 fully saturated rings. The van der Waals surface area contributed by atoms with Crippen LogP contribution in [0.15, 0.2) is 0 Å². The molecule has 6 saturated heterocycles. The van der Waals surface area contributed by atoms with Crippen molar-refractivity contribution in [2.24, 2.45) is 5.92 Å². The van der Waals surface area contributed by atoms with Crippen molar-refractivity contribution >= 4 is 17.9 Å². The Morgan fingerprint density at radius 3 is 1.74 bits per heavy atom. The Kier molecular flexibility index (Phi) is 30.5. The monoisotopic (exact) mass is 1240 g/mol. The number of fused-ring (bicyclic) bond motifs is 3. The zero-order valence-corrected chi connectivity index (χ0v) is 51.9. The standard InChI is InChI=1S/C61H106O25/c1-9-12-14-15-17-21-26-30-40(64)81-55-54(86-57-46(70)43(67)41(65)33(5)74-57)51(83-58-47(71)45(69)49(34(6)75-58)82-56(73)32(4)11-3)36(8)77-61(55)84-50-35(7)76-59-48(72)52(50)80-39(63)29-25-22-19-16-18-20-24-28-37(27-23-13-10-2)78-60-53(85-59)44(68)42(66)38(31-62)79-60/h32-38,41-55,57-62,65-72H,9-31H2,1-8H3/t32-,33-,34-,35-,36-,37+,38+,41-,42+,43+,44-,45-,46+,47+,48+,49-,50-,51-,52-,53+,54+,55+,57-,58-,59-,60+,61-/m0/s1. The van der Waals surface area contributed by atoms with Crippen LogP contribution >= 0.6 is 0 Å². The number of aliphatic hydroxyl groups is 9. The summed E-state index contributed by atoms with van der Waals surface area (Å²) in [6, 6.07) is 0. The third-order valence-corrected chi connectivity index (χ3v) is 17.7. The lowest BCUT2D eigenvalue weighted by Crippen LogP contribution is -2.68. The minimum Gasteiger partial charge on any atom is -0.457 e. The van der Waals surface area contributed by atoms with Gasteiger partial charge in [-0.1, -0.05) is 124 Å². The number of ether oxygens (including phenoxy) is 13. The summed E-state index contributed by atoms with van der Waals surface area (Å²) in [4.78, 5) is 41.2. The van der Waals surface area contributed by atoms with E-state index in [1.165, 1.54) is 27.7 Å². The summed E-state index contributed by atoms with van der Waals surface area (Å²) in [5.41, 5.74) is 0. The second-order valence-electron chi connectivity index (χ2n) is 24.6. The summed E-state index contributed by atoms with van der Waals surface area (Å²) in [5, 5.41) is 102. The van der Waals surface area contributed by atoms with Gasteiger partial charge < -0.3 is 108 Å². The number of rotatable bonds is 23. The number of hydrogen-bond acceptors (Lipinski definition) is 25. The Balaban J connectivity index is 1.37. The fourth-order valence-electron chi connectivity index (χ4n) is 12.0. The summed E-state index contributed by atoms with van der Waals surface area (Å²) in [6.45, 7) is 13.0. The molecule has 0 unspecified atom stereocenters. The molecule has 0 spiro atoms. The first-order chi connectivity index (χ1) is 41.1. The van der Waals surface area contributed by atoms with Gasteiger partial charge in [0.15, 0.2) is 49.8 Å². The van der Waals surface area contributed by atoms with Crippen LogP contribution in [0.4, 0.5) is 0 Å². The third-order valence-electron chi connectivity index (χ3n) is 17.7. The minimum absolute atomic E-state index is 0.0488. The van der Waals surface area contributed by atoms with Crippen LogP contribution in [0.3, 0.4) is 0 Å². The highest BCUT2D eigenvalue weighted by molar-refractivity contribution is 5.72. The predicted octanol–water partition coefficient (Wildman–Crippen LogP) is 3.52. The SMILES string of the molecule is CCCCCCCCCC(=O)O[C@H]1[C@H](O[C@@H]2[C@H]3OC(=O)CCCCCCCCC[C@@H](CCCCC)O[C@@H]4O[C@H](CO)[C@@H](O)[C@H](O)[C@H]4O[C@H](O[C@H]2C)[C@@H]3O)O[C@@H](C)[C@H](O[C@@H]2O[C@@H](C)[C@H](OC(=O)[C@@H](C)CC)[C@@H](O)[C@H]2O)[C@H]1O[C@@H]1O[C@@H](C)[C@H](O)[C@@H](O)[C@H]1O. The molecule has 9 N–H and O–H groups in total. The van der Waals surface area contributed by atoms with Gasteiger partial charge in [0.25, 0.3) is 0 Å². The maximum Gasteiger partial charge on any atom is 0.309 e. The Hall–Kier alpha value is -2.35. The van der Waals surface area contributed by atoms with Gasteiger partial charge in [-0.15, -0.1) is 0 Å². The minimum atomic E-state index is -1.92. The molecular formula is C61H106O25. The van der Waals surface area contributed by atoms with E-state index in [4.69, 9.17) is 61.6 Å². The van der Waals surface area contributed by atoms with Crippen molar-refractivity contribution in [1.29, 1.82) is 0 Å². The summed E-state index contributed by atoms with van der Waals surface area (Å²) in [7, 11) is 0. The van der Waals surface area contributed by atoms with Crippen molar-refractivity contribution in [2.45, 2.75) is 356 Å². The lowest BCUT2D eigenvalue weighted by Gasteiger charge is -2.51. The summed E-state index contributed by atoms with van der Waals surface area (Å²) >= 11 is 0. The smallest absolute Gasteiger partial charge is 0.309 e. The van der Waals surface area contributed by atoms with Crippen molar-refractivity contribution in [1.82, 2.24) is 0 Å². The van der Waals surface area contributed by atoms with Gasteiger partial charge in [-0.2, -0.15) is 0 Å². The Morgan fingerprint density at radius 1 is 0.500 bits per heavy atom. The second kappa shape index (κ2) is 36.0. The summed E-state index contributed by atoms with van der Waals surface area (Å²) < 4.78 is 82.1. The van der Waals surface area contributed by atoms with Crippen molar-refractivity contribution in [3.8, 4) is 0 Å². The molecule has 6 aliphatic rings. The molecule has 27 atom stereocenters. The lowest BCUT2D eigenvalue weighted by molar-refractivity contribution is -0.400. The van der Waals surface area contributed by atoms with Crippen LogP contribution < -0.4 is 0 Å². The Bertz CT molecular complexity index is 1970. The summed E-state index contributed by atoms with van der Waals surface area (Å²) in [6.07, 6.45) is -23.6. The van der Waals surface area contributed by atoms with Crippen molar-refractivity contribution in [3.63, 3.8) is 0 Å². The van der Waals surface area contributed by atoms with Gasteiger partial charge in [-0.25, -0.2) is 0 Å². The van der Waals surface area contributed by atoms with Gasteiger partial charge in [0, 0.05) is 12.8 Å². The van der Waals surface area contributed by atoms with Crippen LogP contribution in [0.1, 0.15) is 197 Å². The van der Waals surface area contributed by atoms with Crippen LogP contribution in [-0.4, -0.2) is 230 Å². The van der Waals surface area contributed by atoms with Gasteiger partial charge in [0.05, 0.1) is 43.0 Å². The fourth-order valence-corrected chi connectivity index (χ4v) is 12.0. The largest absolute Gasteiger partial charge is 0.457 e. The van der Waals surface area contributed by atoms with Gasteiger partial charge in [0.1, 0.15) is 79.4 Å². The normalized spacial score (nSPS) is 42.0. The number of carbonyl (C=O) groups is 3. The molecule has 0 saturated carbocycles. The Labute approximate surface area is 507 Å². The zero-order valence-electron chi connectivity index (χ0n) is 51.9. The quantitative estimate of drug-likeness (QED) is 0.0401. The molecule has 0 aliphatic carbocycles. The van der Waals surface area contributed by atoms with E-state index < -0.39 is 184 Å². The molecule has 25 nitrogen and oxygen atoms in total. The molecule has 25 heteroatoms. The van der Waals surface area contributed by atoms with Crippen molar-refractivity contribution in [2.75, 3.05) is 6.61 Å². The van der Waals surface area contributed by atoms with Gasteiger partial charge in [-0.3, -0.25) is 14.4 Å². The van der Waals surface area contributed by atoms with E-state index in [1.54, 1.807) is 13.8 Å². The average molecular weight is 1240 g/mol. The molecule has 0 amide bonds. The van der Waals surface area contributed by atoms with E-state index in [0.717, 1.165) is 89.9 Å². The zero-order chi connectivity index (χ0) is 62.8. The fraction of sp³-hybridized carbons (Fsp3) is 0.951. The van der Waals surface area contributed by atoms with E-state index in [2.05, 4.69) is 13.8 Å². The third kappa shape index (κ3) is 19.8. The van der Waals surface area contributed by atoms with Crippen molar-refractivity contribution in [3.05, 3.63) is 0 Å². The molecule has 0 aromatic heterocycles. The van der Waals surface area contributed by atoms with Crippen LogP contribution in [0.25, 0.3) is 0 Å². The van der Waals surface area contributed by atoms with Gasteiger partial charge in [0.2, 0.25) is 0 Å². The topological polar surface area (TPSA) is 353 Å². The predicted molar refractivity (Wildman–Crippen MR) is 303 cm³/mol. The number of esters is 3.